The van der Waals surface area contributed by atoms with Crippen LogP contribution >= 0.6 is 11.8 Å². The lowest BCUT2D eigenvalue weighted by atomic mass is 9.87. The van der Waals surface area contributed by atoms with Gasteiger partial charge in [-0.1, -0.05) is 32.5 Å². The zero-order valence-electron chi connectivity index (χ0n) is 12.8. The van der Waals surface area contributed by atoms with E-state index >= 15 is 0 Å². The minimum atomic E-state index is -0.0599. The molecule has 5 heteroatoms. The van der Waals surface area contributed by atoms with Crippen molar-refractivity contribution in [1.82, 2.24) is 15.3 Å². The molecule has 2 N–H and O–H groups in total. The summed E-state index contributed by atoms with van der Waals surface area (Å²) in [4.78, 5) is 18.8. The highest BCUT2D eigenvalue weighted by Crippen LogP contribution is 2.44. The molecule has 2 rings (SSSR count). The SMILES string of the molecule is CCCNC1C(Sc2nc(C)cc(=O)[nH]2)CCC1(C)C. The van der Waals surface area contributed by atoms with E-state index in [2.05, 4.69) is 36.1 Å². The first-order valence-electron chi connectivity index (χ1n) is 7.40. The lowest BCUT2D eigenvalue weighted by Crippen LogP contribution is -2.43. The lowest BCUT2D eigenvalue weighted by molar-refractivity contribution is 0.287. The van der Waals surface area contributed by atoms with Gasteiger partial charge in [-0.15, -0.1) is 0 Å². The third-order valence-electron chi connectivity index (χ3n) is 4.01. The second-order valence-electron chi connectivity index (χ2n) is 6.31. The summed E-state index contributed by atoms with van der Waals surface area (Å²) < 4.78 is 0. The number of hydrogen-bond donors (Lipinski definition) is 2. The summed E-state index contributed by atoms with van der Waals surface area (Å²) in [5, 5.41) is 4.91. The molecule has 2 atom stereocenters. The van der Waals surface area contributed by atoms with E-state index in [4.69, 9.17) is 0 Å². The van der Waals surface area contributed by atoms with E-state index in [0.29, 0.717) is 16.7 Å². The van der Waals surface area contributed by atoms with E-state index in [-0.39, 0.29) is 5.56 Å². The Balaban J connectivity index is 2.12. The Morgan fingerprint density at radius 3 is 2.95 bits per heavy atom. The number of aryl methyl sites for hydroxylation is 1. The normalized spacial score (nSPS) is 25.0. The van der Waals surface area contributed by atoms with Crippen molar-refractivity contribution in [1.29, 1.82) is 0 Å². The molecule has 1 fully saturated rings. The highest BCUT2D eigenvalue weighted by Gasteiger charge is 2.42. The number of hydrogen-bond acceptors (Lipinski definition) is 4. The van der Waals surface area contributed by atoms with Gasteiger partial charge in [0, 0.05) is 23.1 Å². The Hall–Kier alpha value is -0.810. The molecular formula is C15H25N3OS. The molecule has 0 amide bonds. The van der Waals surface area contributed by atoms with Gasteiger partial charge in [0.2, 0.25) is 0 Å². The number of nitrogens with zero attached hydrogens (tertiary/aromatic N) is 1. The molecule has 0 aromatic carbocycles. The molecule has 1 aromatic rings. The Labute approximate surface area is 125 Å². The summed E-state index contributed by atoms with van der Waals surface area (Å²) in [7, 11) is 0. The van der Waals surface area contributed by atoms with Gasteiger partial charge in [-0.05, 0) is 38.1 Å². The molecule has 0 spiro atoms. The molecule has 0 aliphatic heterocycles. The number of aromatic nitrogens is 2. The maximum Gasteiger partial charge on any atom is 0.251 e. The van der Waals surface area contributed by atoms with E-state index in [9.17, 15) is 4.79 Å². The van der Waals surface area contributed by atoms with Crippen LogP contribution in [0.15, 0.2) is 16.0 Å². The molecule has 2 unspecified atom stereocenters. The van der Waals surface area contributed by atoms with Crippen LogP contribution in [0.1, 0.15) is 45.7 Å². The van der Waals surface area contributed by atoms with Gasteiger partial charge in [0.1, 0.15) is 0 Å². The second-order valence-corrected chi connectivity index (χ2v) is 7.54. The fourth-order valence-corrected chi connectivity index (χ4v) is 4.40. The van der Waals surface area contributed by atoms with Crippen molar-refractivity contribution in [3.8, 4) is 0 Å². The average Bonchev–Trinajstić information content (AvgIpc) is 2.61. The zero-order chi connectivity index (χ0) is 14.8. The predicted octanol–water partition coefficient (Wildman–Crippen LogP) is 2.73. The summed E-state index contributed by atoms with van der Waals surface area (Å²) in [6, 6.07) is 2.01. The predicted molar refractivity (Wildman–Crippen MR) is 84.3 cm³/mol. The summed E-state index contributed by atoms with van der Waals surface area (Å²) >= 11 is 1.71. The molecule has 1 saturated carbocycles. The summed E-state index contributed by atoms with van der Waals surface area (Å²) in [5.41, 5.74) is 1.03. The van der Waals surface area contributed by atoms with Crippen LogP contribution in [-0.4, -0.2) is 27.8 Å². The van der Waals surface area contributed by atoms with Gasteiger partial charge in [0.25, 0.3) is 5.56 Å². The fraction of sp³-hybridized carbons (Fsp3) is 0.733. The van der Waals surface area contributed by atoms with Crippen LogP contribution in [0.2, 0.25) is 0 Å². The zero-order valence-corrected chi connectivity index (χ0v) is 13.6. The lowest BCUT2D eigenvalue weighted by Gasteiger charge is -2.31. The van der Waals surface area contributed by atoms with Crippen LogP contribution in [0, 0.1) is 12.3 Å². The molecule has 0 bridgehead atoms. The highest BCUT2D eigenvalue weighted by atomic mass is 32.2. The Bertz CT molecular complexity index is 512. The molecule has 1 aromatic heterocycles. The van der Waals surface area contributed by atoms with Crippen molar-refractivity contribution in [2.24, 2.45) is 5.41 Å². The first-order valence-corrected chi connectivity index (χ1v) is 8.28. The number of H-pyrrole nitrogens is 1. The third kappa shape index (κ3) is 3.64. The van der Waals surface area contributed by atoms with Gasteiger partial charge >= 0.3 is 0 Å². The topological polar surface area (TPSA) is 57.8 Å². The maximum atomic E-state index is 11.5. The summed E-state index contributed by atoms with van der Waals surface area (Å²) in [6.45, 7) is 9.75. The largest absolute Gasteiger partial charge is 0.312 e. The van der Waals surface area contributed by atoms with Crippen molar-refractivity contribution in [2.45, 2.75) is 63.4 Å². The van der Waals surface area contributed by atoms with Crippen molar-refractivity contribution in [2.75, 3.05) is 6.54 Å². The number of thioether (sulfide) groups is 1. The Morgan fingerprint density at radius 2 is 2.30 bits per heavy atom. The molecule has 20 heavy (non-hydrogen) atoms. The Morgan fingerprint density at radius 1 is 1.55 bits per heavy atom. The number of nitrogens with one attached hydrogen (secondary N) is 2. The molecule has 1 heterocycles. The molecular weight excluding hydrogens is 270 g/mol. The first kappa shape index (κ1) is 15.6. The van der Waals surface area contributed by atoms with Crippen molar-refractivity contribution < 1.29 is 0 Å². The van der Waals surface area contributed by atoms with Crippen molar-refractivity contribution in [3.63, 3.8) is 0 Å². The quantitative estimate of drug-likeness (QED) is 0.820. The molecule has 112 valence electrons. The molecule has 4 nitrogen and oxygen atoms in total. The van der Waals surface area contributed by atoms with Crippen molar-refractivity contribution >= 4 is 11.8 Å². The van der Waals surface area contributed by atoms with Gasteiger partial charge in [-0.25, -0.2) is 4.98 Å². The van der Waals surface area contributed by atoms with Crippen molar-refractivity contribution in [3.05, 3.63) is 22.1 Å². The average molecular weight is 295 g/mol. The molecule has 0 saturated heterocycles. The second kappa shape index (κ2) is 6.31. The molecule has 0 radical (unpaired) electrons. The van der Waals surface area contributed by atoms with Crippen LogP contribution in [0.3, 0.4) is 0 Å². The smallest absolute Gasteiger partial charge is 0.251 e. The van der Waals surface area contributed by atoms with Crippen LogP contribution in [0.25, 0.3) is 0 Å². The van der Waals surface area contributed by atoms with Crippen LogP contribution in [0.4, 0.5) is 0 Å². The van der Waals surface area contributed by atoms with E-state index in [1.807, 2.05) is 6.92 Å². The first-order chi connectivity index (χ1) is 9.42. The molecule has 1 aliphatic rings. The minimum Gasteiger partial charge on any atom is -0.312 e. The minimum absolute atomic E-state index is 0.0599. The third-order valence-corrected chi connectivity index (χ3v) is 5.24. The van der Waals surface area contributed by atoms with E-state index < -0.39 is 0 Å². The van der Waals surface area contributed by atoms with Crippen LogP contribution in [0.5, 0.6) is 0 Å². The van der Waals surface area contributed by atoms with Gasteiger partial charge in [-0.2, -0.15) is 0 Å². The van der Waals surface area contributed by atoms with E-state index in [0.717, 1.165) is 30.2 Å². The monoisotopic (exact) mass is 295 g/mol. The van der Waals surface area contributed by atoms with Crippen LogP contribution < -0.4 is 10.9 Å². The van der Waals surface area contributed by atoms with Gasteiger partial charge in [0.15, 0.2) is 5.16 Å². The number of rotatable bonds is 5. The highest BCUT2D eigenvalue weighted by molar-refractivity contribution is 7.99. The Kier molecular flexibility index (Phi) is 4.91. The van der Waals surface area contributed by atoms with E-state index in [1.165, 1.54) is 12.5 Å². The standard InChI is InChI=1S/C15H25N3OS/c1-5-8-16-13-11(6-7-15(13,3)4)20-14-17-10(2)9-12(19)18-14/h9,11,13,16H,5-8H2,1-4H3,(H,17,18,19). The van der Waals surface area contributed by atoms with Gasteiger partial charge in [-0.3, -0.25) is 4.79 Å². The maximum absolute atomic E-state index is 11.5. The molecule has 1 aliphatic carbocycles. The summed E-state index contributed by atoms with van der Waals surface area (Å²) in [5.74, 6) is 0. The fourth-order valence-electron chi connectivity index (χ4n) is 2.93. The van der Waals surface area contributed by atoms with Crippen LogP contribution in [-0.2, 0) is 0 Å². The van der Waals surface area contributed by atoms with Gasteiger partial charge < -0.3 is 10.3 Å². The van der Waals surface area contributed by atoms with Gasteiger partial charge in [0.05, 0.1) is 0 Å². The van der Waals surface area contributed by atoms with E-state index in [1.54, 1.807) is 11.8 Å². The summed E-state index contributed by atoms with van der Waals surface area (Å²) in [6.07, 6.45) is 3.52. The number of aromatic amines is 1.